The number of aryl methyl sites for hydroxylation is 1. The third kappa shape index (κ3) is 3.41. The average Bonchev–Trinajstić information content (AvgIpc) is 2.38. The van der Waals surface area contributed by atoms with Gasteiger partial charge in [0.05, 0.1) is 0 Å². The molecule has 0 aliphatic rings. The van der Waals surface area contributed by atoms with Gasteiger partial charge < -0.3 is 4.90 Å². The first kappa shape index (κ1) is 13.7. The summed E-state index contributed by atoms with van der Waals surface area (Å²) in [5.41, 5.74) is 2.82. The van der Waals surface area contributed by atoms with Gasteiger partial charge in [-0.2, -0.15) is 0 Å². The normalized spacial score (nSPS) is 10.3. The van der Waals surface area contributed by atoms with Crippen LogP contribution in [0.3, 0.4) is 0 Å². The van der Waals surface area contributed by atoms with Crippen LogP contribution in [0.4, 0.5) is 5.82 Å². The molecule has 0 spiro atoms. The van der Waals surface area contributed by atoms with E-state index in [1.807, 2.05) is 32.2 Å². The molecule has 1 aromatic carbocycles. The van der Waals surface area contributed by atoms with E-state index >= 15 is 0 Å². The zero-order chi connectivity index (χ0) is 13.8. The lowest BCUT2D eigenvalue weighted by atomic mass is 10.2. The lowest BCUT2D eigenvalue weighted by Gasteiger charge is -2.20. The van der Waals surface area contributed by atoms with Gasteiger partial charge in [-0.15, -0.1) is 0 Å². The Morgan fingerprint density at radius 3 is 2.79 bits per heavy atom. The van der Waals surface area contributed by atoms with Gasteiger partial charge in [0.25, 0.3) is 0 Å². The number of carbonyl (C=O) groups excluding carboxylic acids is 1. The van der Waals surface area contributed by atoms with Crippen LogP contribution < -0.4 is 4.90 Å². The summed E-state index contributed by atoms with van der Waals surface area (Å²) in [6.45, 7) is 2.74. The molecule has 0 radical (unpaired) electrons. The zero-order valence-electron chi connectivity index (χ0n) is 10.9. The molecule has 2 aromatic rings. The van der Waals surface area contributed by atoms with Gasteiger partial charge in [0.1, 0.15) is 5.82 Å². The molecule has 19 heavy (non-hydrogen) atoms. The standard InChI is InChI=1S/C15H15BrN2O/c1-11-6-13(10-19)8-17-15(11)18(2)9-12-4-3-5-14(16)7-12/h3-8,10H,9H2,1-2H3. The first-order valence-electron chi connectivity index (χ1n) is 5.97. The van der Waals surface area contributed by atoms with Crippen LogP contribution >= 0.6 is 15.9 Å². The minimum atomic E-state index is 0.608. The fraction of sp³-hybridized carbons (Fsp3) is 0.200. The number of pyridine rings is 1. The zero-order valence-corrected chi connectivity index (χ0v) is 12.5. The predicted molar refractivity (Wildman–Crippen MR) is 80.6 cm³/mol. The molecule has 0 amide bonds. The smallest absolute Gasteiger partial charge is 0.151 e. The maximum absolute atomic E-state index is 10.7. The molecular formula is C15H15BrN2O. The molecule has 4 heteroatoms. The van der Waals surface area contributed by atoms with Crippen molar-refractivity contribution in [3.05, 3.63) is 57.7 Å². The van der Waals surface area contributed by atoms with Gasteiger partial charge in [0.15, 0.2) is 6.29 Å². The summed E-state index contributed by atoms with van der Waals surface area (Å²) in [6.07, 6.45) is 2.42. The number of carbonyl (C=O) groups is 1. The number of anilines is 1. The molecule has 2 rings (SSSR count). The molecule has 1 heterocycles. The van der Waals surface area contributed by atoms with E-state index in [0.717, 1.165) is 28.7 Å². The minimum absolute atomic E-state index is 0.608. The Labute approximate surface area is 121 Å². The van der Waals surface area contributed by atoms with E-state index < -0.39 is 0 Å². The molecule has 3 nitrogen and oxygen atoms in total. The second-order valence-corrected chi connectivity index (χ2v) is 5.43. The highest BCUT2D eigenvalue weighted by Crippen LogP contribution is 2.19. The third-order valence-corrected chi connectivity index (χ3v) is 3.37. The number of nitrogens with zero attached hydrogens (tertiary/aromatic N) is 2. The van der Waals surface area contributed by atoms with Gasteiger partial charge in [-0.3, -0.25) is 4.79 Å². The molecule has 0 saturated heterocycles. The van der Waals surface area contributed by atoms with Crippen molar-refractivity contribution in [1.82, 2.24) is 4.98 Å². The van der Waals surface area contributed by atoms with Crippen LogP contribution in [0.15, 0.2) is 41.0 Å². The lowest BCUT2D eigenvalue weighted by molar-refractivity contribution is 0.112. The summed E-state index contributed by atoms with van der Waals surface area (Å²) in [5.74, 6) is 0.894. The second-order valence-electron chi connectivity index (χ2n) is 4.51. The average molecular weight is 319 g/mol. The molecular weight excluding hydrogens is 304 g/mol. The van der Waals surface area contributed by atoms with E-state index in [-0.39, 0.29) is 0 Å². The minimum Gasteiger partial charge on any atom is -0.355 e. The molecule has 1 aromatic heterocycles. The first-order valence-corrected chi connectivity index (χ1v) is 6.77. The monoisotopic (exact) mass is 318 g/mol. The number of hydrogen-bond acceptors (Lipinski definition) is 3. The van der Waals surface area contributed by atoms with Crippen LogP contribution in [0.1, 0.15) is 21.5 Å². The number of aldehydes is 1. The second kappa shape index (κ2) is 5.97. The van der Waals surface area contributed by atoms with Crippen molar-refractivity contribution < 1.29 is 4.79 Å². The Morgan fingerprint density at radius 1 is 1.37 bits per heavy atom. The summed E-state index contributed by atoms with van der Waals surface area (Å²) in [6, 6.07) is 10.0. The highest BCUT2D eigenvalue weighted by Gasteiger charge is 2.08. The topological polar surface area (TPSA) is 33.2 Å². The van der Waals surface area contributed by atoms with E-state index in [0.29, 0.717) is 5.56 Å². The van der Waals surface area contributed by atoms with Crippen molar-refractivity contribution in [2.45, 2.75) is 13.5 Å². The fourth-order valence-corrected chi connectivity index (χ4v) is 2.48. The van der Waals surface area contributed by atoms with Crippen molar-refractivity contribution in [2.24, 2.45) is 0 Å². The molecule has 98 valence electrons. The Balaban J connectivity index is 2.20. The van der Waals surface area contributed by atoms with Gasteiger partial charge >= 0.3 is 0 Å². The van der Waals surface area contributed by atoms with Crippen LogP contribution in [0, 0.1) is 6.92 Å². The highest BCUT2D eigenvalue weighted by atomic mass is 79.9. The molecule has 0 aliphatic heterocycles. The van der Waals surface area contributed by atoms with Gasteiger partial charge in [-0.1, -0.05) is 28.1 Å². The number of rotatable bonds is 4. The van der Waals surface area contributed by atoms with Crippen molar-refractivity contribution in [3.8, 4) is 0 Å². The van der Waals surface area contributed by atoms with Crippen molar-refractivity contribution in [2.75, 3.05) is 11.9 Å². The lowest BCUT2D eigenvalue weighted by Crippen LogP contribution is -2.18. The van der Waals surface area contributed by atoms with Crippen molar-refractivity contribution in [3.63, 3.8) is 0 Å². The maximum Gasteiger partial charge on any atom is 0.151 e. The Kier molecular flexibility index (Phi) is 4.32. The Morgan fingerprint density at radius 2 is 2.16 bits per heavy atom. The maximum atomic E-state index is 10.7. The van der Waals surface area contributed by atoms with Crippen LogP contribution in [-0.4, -0.2) is 18.3 Å². The number of halogens is 1. The largest absolute Gasteiger partial charge is 0.355 e. The number of benzene rings is 1. The molecule has 0 fully saturated rings. The Bertz CT molecular complexity index is 598. The molecule has 0 N–H and O–H groups in total. The summed E-state index contributed by atoms with van der Waals surface area (Å²) < 4.78 is 1.07. The van der Waals surface area contributed by atoms with Gasteiger partial charge in [-0.25, -0.2) is 4.98 Å². The van der Waals surface area contributed by atoms with E-state index in [1.54, 1.807) is 6.20 Å². The van der Waals surface area contributed by atoms with E-state index in [9.17, 15) is 4.79 Å². The van der Waals surface area contributed by atoms with Crippen LogP contribution in [0.5, 0.6) is 0 Å². The van der Waals surface area contributed by atoms with Crippen LogP contribution in [0.25, 0.3) is 0 Å². The van der Waals surface area contributed by atoms with Gasteiger partial charge in [-0.05, 0) is 36.2 Å². The van der Waals surface area contributed by atoms with Gasteiger partial charge in [0.2, 0.25) is 0 Å². The fourth-order valence-electron chi connectivity index (χ4n) is 2.04. The molecule has 0 aliphatic carbocycles. The molecule has 0 unspecified atom stereocenters. The number of hydrogen-bond donors (Lipinski definition) is 0. The SMILES string of the molecule is Cc1cc(C=O)cnc1N(C)Cc1cccc(Br)c1. The summed E-state index contributed by atoms with van der Waals surface area (Å²) in [5, 5.41) is 0. The van der Waals surface area contributed by atoms with Crippen molar-refractivity contribution >= 4 is 28.0 Å². The van der Waals surface area contributed by atoms with E-state index in [2.05, 4.69) is 37.9 Å². The summed E-state index contributed by atoms with van der Waals surface area (Å²) in [4.78, 5) is 17.1. The van der Waals surface area contributed by atoms with Crippen LogP contribution in [0.2, 0.25) is 0 Å². The predicted octanol–water partition coefficient (Wildman–Crippen LogP) is 3.60. The first-order chi connectivity index (χ1) is 9.10. The third-order valence-electron chi connectivity index (χ3n) is 2.88. The molecule has 0 atom stereocenters. The molecule has 0 bridgehead atoms. The quantitative estimate of drug-likeness (QED) is 0.807. The van der Waals surface area contributed by atoms with Crippen LogP contribution in [-0.2, 0) is 6.54 Å². The number of aromatic nitrogens is 1. The Hall–Kier alpha value is -1.68. The van der Waals surface area contributed by atoms with E-state index in [1.165, 1.54) is 5.56 Å². The van der Waals surface area contributed by atoms with Crippen molar-refractivity contribution in [1.29, 1.82) is 0 Å². The van der Waals surface area contributed by atoms with Gasteiger partial charge in [0, 0.05) is 29.8 Å². The summed E-state index contributed by atoms with van der Waals surface area (Å²) >= 11 is 3.47. The molecule has 0 saturated carbocycles. The highest BCUT2D eigenvalue weighted by molar-refractivity contribution is 9.10. The summed E-state index contributed by atoms with van der Waals surface area (Å²) in [7, 11) is 2.00. The van der Waals surface area contributed by atoms with E-state index in [4.69, 9.17) is 0 Å².